The van der Waals surface area contributed by atoms with Gasteiger partial charge >= 0.3 is 0 Å². The van der Waals surface area contributed by atoms with Crippen LogP contribution in [0.25, 0.3) is 0 Å². The second kappa shape index (κ2) is 13.0. The Morgan fingerprint density at radius 3 is 2.37 bits per heavy atom. The number of nitrogens with one attached hydrogen (secondary N) is 2. The van der Waals surface area contributed by atoms with Crippen LogP contribution in [-0.4, -0.2) is 56.3 Å². The van der Waals surface area contributed by atoms with Crippen LogP contribution in [-0.2, 0) is 30.7 Å². The SMILES string of the molecule is CCC(C)N=C(C)/C(=N\OC)C(=O)NOCc1ccccc1/C(=N\OC)C(=O)NC. The van der Waals surface area contributed by atoms with Crippen LogP contribution in [0.2, 0.25) is 0 Å². The predicted octanol–water partition coefficient (Wildman–Crippen LogP) is 1.59. The van der Waals surface area contributed by atoms with Gasteiger partial charge in [-0.3, -0.25) is 19.4 Å². The molecule has 0 saturated carbocycles. The lowest BCUT2D eigenvalue weighted by molar-refractivity contribution is -0.127. The molecule has 1 rings (SSSR count). The lowest BCUT2D eigenvalue weighted by Gasteiger charge is -2.12. The fraction of sp³-hybridized carbons (Fsp3) is 0.450. The van der Waals surface area contributed by atoms with E-state index in [2.05, 4.69) is 26.1 Å². The summed E-state index contributed by atoms with van der Waals surface area (Å²) in [6, 6.07) is 7.02. The molecule has 1 unspecified atom stereocenters. The number of carbonyl (C=O) groups excluding carboxylic acids is 2. The average molecular weight is 419 g/mol. The Hall–Kier alpha value is -3.27. The molecule has 0 aliphatic rings. The van der Waals surface area contributed by atoms with E-state index in [0.717, 1.165) is 6.42 Å². The molecule has 1 atom stereocenters. The minimum absolute atomic E-state index is 0.0121. The van der Waals surface area contributed by atoms with Crippen LogP contribution in [0.4, 0.5) is 0 Å². The summed E-state index contributed by atoms with van der Waals surface area (Å²) in [6.45, 7) is 5.58. The summed E-state index contributed by atoms with van der Waals surface area (Å²) in [4.78, 5) is 43.9. The number of nitrogens with zero attached hydrogens (tertiary/aromatic N) is 3. The average Bonchev–Trinajstić information content (AvgIpc) is 2.75. The summed E-state index contributed by atoms with van der Waals surface area (Å²) in [5, 5.41) is 10.0. The van der Waals surface area contributed by atoms with Gasteiger partial charge in [-0.25, -0.2) is 5.48 Å². The zero-order chi connectivity index (χ0) is 22.5. The second-order valence-corrected chi connectivity index (χ2v) is 6.17. The molecular formula is C20H29N5O5. The summed E-state index contributed by atoms with van der Waals surface area (Å²) >= 11 is 0. The first-order chi connectivity index (χ1) is 14.4. The van der Waals surface area contributed by atoms with Crippen LogP contribution in [0.5, 0.6) is 0 Å². The lowest BCUT2D eigenvalue weighted by atomic mass is 10.0. The first-order valence-corrected chi connectivity index (χ1v) is 9.39. The largest absolute Gasteiger partial charge is 0.398 e. The Kier molecular flexibility index (Phi) is 10.8. The zero-order valence-electron chi connectivity index (χ0n) is 18.2. The maximum absolute atomic E-state index is 12.5. The molecule has 10 heteroatoms. The summed E-state index contributed by atoms with van der Waals surface area (Å²) in [6.07, 6.45) is 0.823. The first-order valence-electron chi connectivity index (χ1n) is 9.39. The molecule has 0 aliphatic heterocycles. The molecule has 1 aromatic carbocycles. The minimum Gasteiger partial charge on any atom is -0.398 e. The van der Waals surface area contributed by atoms with Crippen molar-refractivity contribution in [3.8, 4) is 0 Å². The smallest absolute Gasteiger partial charge is 0.298 e. The number of amides is 2. The number of aliphatic imine (C=N–C) groups is 1. The third kappa shape index (κ3) is 7.28. The summed E-state index contributed by atoms with van der Waals surface area (Å²) < 4.78 is 0. The van der Waals surface area contributed by atoms with Crippen LogP contribution in [0.3, 0.4) is 0 Å². The molecular weight excluding hydrogens is 390 g/mol. The van der Waals surface area contributed by atoms with Crippen molar-refractivity contribution in [3.63, 3.8) is 0 Å². The first kappa shape index (κ1) is 24.8. The molecule has 0 heterocycles. The Morgan fingerprint density at radius 2 is 1.77 bits per heavy atom. The van der Waals surface area contributed by atoms with Gasteiger partial charge in [0.05, 0.1) is 5.71 Å². The van der Waals surface area contributed by atoms with Crippen molar-refractivity contribution >= 4 is 28.9 Å². The molecule has 0 bridgehead atoms. The molecule has 0 fully saturated rings. The van der Waals surface area contributed by atoms with E-state index in [-0.39, 0.29) is 24.1 Å². The highest BCUT2D eigenvalue weighted by molar-refractivity contribution is 6.66. The Morgan fingerprint density at radius 1 is 1.10 bits per heavy atom. The maximum Gasteiger partial charge on any atom is 0.298 e. The van der Waals surface area contributed by atoms with Gasteiger partial charge in [0.15, 0.2) is 11.4 Å². The number of hydroxylamine groups is 1. The number of carbonyl (C=O) groups is 2. The number of rotatable bonds is 11. The van der Waals surface area contributed by atoms with Crippen molar-refractivity contribution in [2.45, 2.75) is 39.8 Å². The molecule has 0 radical (unpaired) electrons. The molecule has 1 aromatic rings. The number of hydrogen-bond acceptors (Lipinski definition) is 8. The highest BCUT2D eigenvalue weighted by atomic mass is 16.7. The van der Waals surface area contributed by atoms with Crippen molar-refractivity contribution in [1.82, 2.24) is 10.8 Å². The monoisotopic (exact) mass is 419 g/mol. The zero-order valence-corrected chi connectivity index (χ0v) is 18.2. The third-order valence-corrected chi connectivity index (χ3v) is 4.03. The Labute approximate surface area is 176 Å². The van der Waals surface area contributed by atoms with E-state index in [1.54, 1.807) is 31.2 Å². The van der Waals surface area contributed by atoms with Gasteiger partial charge in [0.2, 0.25) is 0 Å². The standard InChI is InChI=1S/C20H29N5O5/c1-7-13(2)22-14(3)17(23-28-5)20(27)25-30-12-15-10-8-9-11-16(15)18(24-29-6)19(26)21-4/h8-11,13H,7,12H2,1-6H3,(H,21,26)(H,25,27)/b22-14?,23-17+,24-18+. The third-order valence-electron chi connectivity index (χ3n) is 4.03. The fourth-order valence-electron chi connectivity index (χ4n) is 2.37. The van der Waals surface area contributed by atoms with Crippen LogP contribution >= 0.6 is 0 Å². The van der Waals surface area contributed by atoms with Crippen molar-refractivity contribution in [2.24, 2.45) is 15.3 Å². The van der Waals surface area contributed by atoms with Gasteiger partial charge in [-0.1, -0.05) is 41.5 Å². The van der Waals surface area contributed by atoms with Gasteiger partial charge in [0.1, 0.15) is 20.8 Å². The molecule has 30 heavy (non-hydrogen) atoms. The molecule has 0 spiro atoms. The van der Waals surface area contributed by atoms with E-state index in [0.29, 0.717) is 16.8 Å². The van der Waals surface area contributed by atoms with E-state index < -0.39 is 11.8 Å². The van der Waals surface area contributed by atoms with E-state index >= 15 is 0 Å². The number of benzene rings is 1. The van der Waals surface area contributed by atoms with Crippen LogP contribution in [0, 0.1) is 0 Å². The predicted molar refractivity (Wildman–Crippen MR) is 114 cm³/mol. The van der Waals surface area contributed by atoms with E-state index in [9.17, 15) is 9.59 Å². The van der Waals surface area contributed by atoms with Gasteiger partial charge in [-0.05, 0) is 25.8 Å². The van der Waals surface area contributed by atoms with Crippen molar-refractivity contribution in [3.05, 3.63) is 35.4 Å². The molecule has 164 valence electrons. The molecule has 0 saturated heterocycles. The molecule has 2 amide bonds. The maximum atomic E-state index is 12.5. The normalized spacial score (nSPS) is 13.5. The number of hydrogen-bond donors (Lipinski definition) is 2. The van der Waals surface area contributed by atoms with Crippen molar-refractivity contribution in [2.75, 3.05) is 21.3 Å². The van der Waals surface area contributed by atoms with E-state index in [1.165, 1.54) is 21.3 Å². The van der Waals surface area contributed by atoms with Gasteiger partial charge in [-0.15, -0.1) is 0 Å². The highest BCUT2D eigenvalue weighted by Gasteiger charge is 2.19. The van der Waals surface area contributed by atoms with Crippen molar-refractivity contribution in [1.29, 1.82) is 0 Å². The summed E-state index contributed by atoms with van der Waals surface area (Å²) in [7, 11) is 4.19. The summed E-state index contributed by atoms with van der Waals surface area (Å²) in [5.74, 6) is -1.02. The lowest BCUT2D eigenvalue weighted by Crippen LogP contribution is -2.36. The van der Waals surface area contributed by atoms with E-state index in [1.807, 2.05) is 13.8 Å². The molecule has 2 N–H and O–H groups in total. The summed E-state index contributed by atoms with van der Waals surface area (Å²) in [5.41, 5.74) is 3.98. The van der Waals surface area contributed by atoms with Crippen LogP contribution < -0.4 is 10.8 Å². The Bertz CT molecular complexity index is 820. The van der Waals surface area contributed by atoms with E-state index in [4.69, 9.17) is 14.5 Å². The second-order valence-electron chi connectivity index (χ2n) is 6.17. The minimum atomic E-state index is -0.601. The number of oxime groups is 2. The molecule has 0 aliphatic carbocycles. The van der Waals surface area contributed by atoms with Gasteiger partial charge in [0, 0.05) is 18.7 Å². The fourth-order valence-corrected chi connectivity index (χ4v) is 2.37. The highest BCUT2D eigenvalue weighted by Crippen LogP contribution is 2.12. The van der Waals surface area contributed by atoms with Gasteiger partial charge in [-0.2, -0.15) is 0 Å². The number of likely N-dealkylation sites (N-methyl/N-ethyl adjacent to an activating group) is 1. The van der Waals surface area contributed by atoms with Gasteiger partial charge < -0.3 is 15.0 Å². The molecule has 0 aromatic heterocycles. The van der Waals surface area contributed by atoms with Gasteiger partial charge in [0.25, 0.3) is 11.8 Å². The topological polar surface area (TPSA) is 123 Å². The van der Waals surface area contributed by atoms with Crippen LogP contribution in [0.1, 0.15) is 38.3 Å². The van der Waals surface area contributed by atoms with Crippen LogP contribution in [0.15, 0.2) is 39.6 Å². The quantitative estimate of drug-likeness (QED) is 0.416. The molecule has 10 nitrogen and oxygen atoms in total. The Balaban J connectivity index is 2.95. The van der Waals surface area contributed by atoms with Crippen molar-refractivity contribution < 1.29 is 24.1 Å².